The van der Waals surface area contributed by atoms with Gasteiger partial charge >= 0.3 is 11.9 Å². The molecule has 0 rings (SSSR count). The van der Waals surface area contributed by atoms with Crippen LogP contribution in [0.2, 0.25) is 0 Å². The number of ether oxygens (including phenoxy) is 1. The summed E-state index contributed by atoms with van der Waals surface area (Å²) in [5.41, 5.74) is 0. The Morgan fingerprint density at radius 3 is 1.19 bits per heavy atom. The topological polar surface area (TPSA) is 63.6 Å². The smallest absolute Gasteiger partial charge is 0.305 e. The number of esters is 1. The molecule has 0 aromatic rings. The average molecular weight is 455 g/mol. The Balaban J connectivity index is 3.09. The van der Waals surface area contributed by atoms with Gasteiger partial charge in [-0.1, -0.05) is 135 Å². The van der Waals surface area contributed by atoms with Crippen molar-refractivity contribution in [2.24, 2.45) is 0 Å². The Hall–Kier alpha value is -1.06. The van der Waals surface area contributed by atoms with Crippen molar-refractivity contribution in [1.29, 1.82) is 0 Å². The Bertz CT molecular complexity index is 408. The second kappa shape index (κ2) is 26.2. The molecule has 0 aliphatic carbocycles. The first kappa shape index (κ1) is 30.9. The van der Waals surface area contributed by atoms with Gasteiger partial charge in [-0.3, -0.25) is 9.59 Å². The summed E-state index contributed by atoms with van der Waals surface area (Å²) < 4.78 is 5.13. The number of carboxylic acid groups (broad SMARTS) is 1. The van der Waals surface area contributed by atoms with E-state index >= 15 is 0 Å². The summed E-state index contributed by atoms with van der Waals surface area (Å²) in [4.78, 5) is 21.8. The predicted molar refractivity (Wildman–Crippen MR) is 135 cm³/mol. The number of carboxylic acids is 1. The molecule has 0 saturated carbocycles. The standard InChI is InChI=1S/C28H54O4/c1-2-3-4-5-6-7-8-9-10-11-12-13-14-15-16-17-18-19-20-21-22-26-32-28(31)25-23-24-27(29)30/h2-26H2,1H3,(H,29,30). The Kier molecular flexibility index (Phi) is 25.3. The summed E-state index contributed by atoms with van der Waals surface area (Å²) in [6, 6.07) is 0. The third kappa shape index (κ3) is 27.0. The van der Waals surface area contributed by atoms with Gasteiger partial charge in [-0.15, -0.1) is 0 Å². The second-order valence-corrected chi connectivity index (χ2v) is 9.54. The summed E-state index contributed by atoms with van der Waals surface area (Å²) in [5, 5.41) is 8.54. The molecule has 0 aromatic heterocycles. The van der Waals surface area contributed by atoms with Gasteiger partial charge in [0.05, 0.1) is 6.61 Å². The van der Waals surface area contributed by atoms with Gasteiger partial charge in [0, 0.05) is 12.8 Å². The van der Waals surface area contributed by atoms with Crippen LogP contribution in [0.1, 0.15) is 161 Å². The monoisotopic (exact) mass is 454 g/mol. The van der Waals surface area contributed by atoms with E-state index in [9.17, 15) is 9.59 Å². The van der Waals surface area contributed by atoms with Crippen molar-refractivity contribution in [1.82, 2.24) is 0 Å². The zero-order valence-electron chi connectivity index (χ0n) is 21.3. The normalized spacial score (nSPS) is 11.0. The zero-order valence-corrected chi connectivity index (χ0v) is 21.3. The minimum atomic E-state index is -0.859. The quantitative estimate of drug-likeness (QED) is 0.105. The van der Waals surface area contributed by atoms with Gasteiger partial charge in [0.25, 0.3) is 0 Å². The number of aliphatic carboxylic acids is 1. The predicted octanol–water partition coefficient (Wildman–Crippen LogP) is 9.00. The molecule has 1 N–H and O–H groups in total. The minimum absolute atomic E-state index is 0.0362. The van der Waals surface area contributed by atoms with Crippen LogP contribution >= 0.6 is 0 Å². The second-order valence-electron chi connectivity index (χ2n) is 9.54. The highest BCUT2D eigenvalue weighted by molar-refractivity contribution is 5.71. The van der Waals surface area contributed by atoms with E-state index in [2.05, 4.69) is 6.92 Å². The van der Waals surface area contributed by atoms with E-state index in [0.717, 1.165) is 12.8 Å². The molecule has 190 valence electrons. The largest absolute Gasteiger partial charge is 0.481 e. The van der Waals surface area contributed by atoms with Crippen molar-refractivity contribution in [3.05, 3.63) is 0 Å². The van der Waals surface area contributed by atoms with Gasteiger partial charge in [-0.2, -0.15) is 0 Å². The maximum Gasteiger partial charge on any atom is 0.305 e. The molecule has 0 aliphatic rings. The molecule has 0 aromatic carbocycles. The van der Waals surface area contributed by atoms with E-state index in [1.807, 2.05) is 0 Å². The molecule has 0 fully saturated rings. The average Bonchev–Trinajstić information content (AvgIpc) is 2.77. The molecule has 0 heterocycles. The van der Waals surface area contributed by atoms with Crippen LogP contribution < -0.4 is 0 Å². The lowest BCUT2D eigenvalue weighted by Crippen LogP contribution is -2.06. The summed E-state index contributed by atoms with van der Waals surface area (Å²) in [5.74, 6) is -1.12. The van der Waals surface area contributed by atoms with Crippen LogP contribution in [0.15, 0.2) is 0 Å². The first-order valence-electron chi connectivity index (χ1n) is 14.0. The first-order chi connectivity index (χ1) is 15.7. The van der Waals surface area contributed by atoms with Gasteiger partial charge < -0.3 is 9.84 Å². The van der Waals surface area contributed by atoms with Crippen LogP contribution in [-0.2, 0) is 14.3 Å². The van der Waals surface area contributed by atoms with Crippen LogP contribution in [0.5, 0.6) is 0 Å². The summed E-state index contributed by atoms with van der Waals surface area (Å²) in [6.07, 6.45) is 29.2. The first-order valence-corrected chi connectivity index (χ1v) is 14.0. The van der Waals surface area contributed by atoms with E-state index in [-0.39, 0.29) is 18.8 Å². The molecular weight excluding hydrogens is 400 g/mol. The highest BCUT2D eigenvalue weighted by Crippen LogP contribution is 2.15. The third-order valence-electron chi connectivity index (χ3n) is 6.28. The van der Waals surface area contributed by atoms with Crippen LogP contribution in [-0.4, -0.2) is 23.7 Å². The molecule has 4 nitrogen and oxygen atoms in total. The van der Waals surface area contributed by atoms with E-state index in [4.69, 9.17) is 9.84 Å². The van der Waals surface area contributed by atoms with Crippen LogP contribution in [0.25, 0.3) is 0 Å². The molecule has 32 heavy (non-hydrogen) atoms. The molecule has 0 spiro atoms. The van der Waals surface area contributed by atoms with Crippen LogP contribution in [0.3, 0.4) is 0 Å². The molecule has 0 amide bonds. The fraction of sp³-hybridized carbons (Fsp3) is 0.929. The summed E-state index contributed by atoms with van der Waals surface area (Å²) >= 11 is 0. The van der Waals surface area contributed by atoms with E-state index in [0.29, 0.717) is 13.0 Å². The fourth-order valence-electron chi connectivity index (χ4n) is 4.18. The van der Waals surface area contributed by atoms with Crippen molar-refractivity contribution in [3.8, 4) is 0 Å². The molecule has 0 atom stereocenters. The van der Waals surface area contributed by atoms with Gasteiger partial charge in [0.15, 0.2) is 0 Å². The number of hydrogen-bond acceptors (Lipinski definition) is 3. The van der Waals surface area contributed by atoms with Gasteiger partial charge in [-0.25, -0.2) is 0 Å². The van der Waals surface area contributed by atoms with Crippen molar-refractivity contribution < 1.29 is 19.4 Å². The molecule has 4 heteroatoms. The van der Waals surface area contributed by atoms with Gasteiger partial charge in [0.1, 0.15) is 0 Å². The molecule has 0 radical (unpaired) electrons. The number of carbonyl (C=O) groups excluding carboxylic acids is 1. The Morgan fingerprint density at radius 2 is 0.844 bits per heavy atom. The number of hydrogen-bond donors (Lipinski definition) is 1. The van der Waals surface area contributed by atoms with Crippen molar-refractivity contribution in [2.75, 3.05) is 6.61 Å². The van der Waals surface area contributed by atoms with E-state index < -0.39 is 5.97 Å². The van der Waals surface area contributed by atoms with E-state index in [1.54, 1.807) is 0 Å². The highest BCUT2D eigenvalue weighted by atomic mass is 16.5. The van der Waals surface area contributed by atoms with E-state index in [1.165, 1.54) is 122 Å². The SMILES string of the molecule is CCCCCCCCCCCCCCCCCCCCCCCOC(=O)CCCC(=O)O. The summed E-state index contributed by atoms with van der Waals surface area (Å²) in [6.45, 7) is 2.76. The number of unbranched alkanes of at least 4 members (excludes halogenated alkanes) is 20. The lowest BCUT2D eigenvalue weighted by Gasteiger charge is -2.05. The van der Waals surface area contributed by atoms with Gasteiger partial charge in [0.2, 0.25) is 0 Å². The highest BCUT2D eigenvalue weighted by Gasteiger charge is 2.04. The van der Waals surface area contributed by atoms with Crippen LogP contribution in [0, 0.1) is 0 Å². The van der Waals surface area contributed by atoms with Crippen molar-refractivity contribution in [3.63, 3.8) is 0 Å². The lowest BCUT2D eigenvalue weighted by atomic mass is 10.0. The van der Waals surface area contributed by atoms with Gasteiger partial charge in [-0.05, 0) is 12.8 Å². The maximum atomic E-state index is 11.4. The molecular formula is C28H54O4. The molecule has 0 bridgehead atoms. The Labute approximate surface area is 199 Å². The zero-order chi connectivity index (χ0) is 23.5. The fourth-order valence-corrected chi connectivity index (χ4v) is 4.18. The molecule has 0 unspecified atom stereocenters. The molecule has 0 saturated heterocycles. The van der Waals surface area contributed by atoms with Crippen LogP contribution in [0.4, 0.5) is 0 Å². The third-order valence-corrected chi connectivity index (χ3v) is 6.28. The van der Waals surface area contributed by atoms with Crippen molar-refractivity contribution >= 4 is 11.9 Å². The summed E-state index contributed by atoms with van der Waals surface area (Å²) in [7, 11) is 0. The number of carbonyl (C=O) groups is 2. The maximum absolute atomic E-state index is 11.4. The Morgan fingerprint density at radius 1 is 0.500 bits per heavy atom. The number of rotatable bonds is 26. The lowest BCUT2D eigenvalue weighted by molar-refractivity contribution is -0.144. The van der Waals surface area contributed by atoms with Crippen molar-refractivity contribution in [2.45, 2.75) is 161 Å². The minimum Gasteiger partial charge on any atom is -0.481 e. The molecule has 0 aliphatic heterocycles.